The molecule has 0 aliphatic carbocycles. The number of nitrogens with one attached hydrogen (secondary N) is 1. The minimum atomic E-state index is -1.42. The van der Waals surface area contributed by atoms with Crippen molar-refractivity contribution in [3.63, 3.8) is 0 Å². The first-order valence-electron chi connectivity index (χ1n) is 8.70. The predicted molar refractivity (Wildman–Crippen MR) is 94.2 cm³/mol. The first-order chi connectivity index (χ1) is 14.0. The number of methoxy groups -OCH3 is 1. The Balaban J connectivity index is 2.54. The molecule has 1 aliphatic heterocycles. The Bertz CT molecular complexity index is 963. The van der Waals surface area contributed by atoms with Gasteiger partial charge in [-0.25, -0.2) is 4.79 Å². The molecule has 0 amide bonds. The lowest BCUT2D eigenvalue weighted by Gasteiger charge is -2.21. The van der Waals surface area contributed by atoms with Crippen LogP contribution in [0.5, 0.6) is 0 Å². The molecular weight excluding hydrogens is 408 g/mol. The molecule has 1 aliphatic rings. The van der Waals surface area contributed by atoms with Crippen LogP contribution < -0.4 is 11.2 Å². The number of carboxylic acid groups (broad SMARTS) is 2. The Morgan fingerprint density at radius 1 is 1.13 bits per heavy atom. The molecular formula is C17H20N2O11. The van der Waals surface area contributed by atoms with Crippen molar-refractivity contribution in [3.05, 3.63) is 32.6 Å². The number of ether oxygens (including phenoxy) is 3. The highest BCUT2D eigenvalue weighted by Crippen LogP contribution is 2.45. The predicted octanol–water partition coefficient (Wildman–Crippen LogP) is -1.15. The molecule has 0 radical (unpaired) electrons. The van der Waals surface area contributed by atoms with Gasteiger partial charge in [-0.1, -0.05) is 0 Å². The summed E-state index contributed by atoms with van der Waals surface area (Å²) in [6, 6.07) is 0. The molecule has 0 unspecified atom stereocenters. The van der Waals surface area contributed by atoms with Gasteiger partial charge in [0.2, 0.25) is 6.29 Å². The number of esters is 2. The highest BCUT2D eigenvalue weighted by Gasteiger charge is 2.49. The first kappa shape index (κ1) is 22.8. The van der Waals surface area contributed by atoms with Crippen molar-refractivity contribution >= 4 is 23.9 Å². The minimum Gasteiger partial charge on any atom is -0.481 e. The normalized spacial score (nSPS) is 23.0. The van der Waals surface area contributed by atoms with E-state index in [1.165, 1.54) is 0 Å². The van der Waals surface area contributed by atoms with Crippen LogP contribution in [0.25, 0.3) is 0 Å². The molecule has 164 valence electrons. The van der Waals surface area contributed by atoms with E-state index in [2.05, 4.69) is 4.74 Å². The molecule has 30 heavy (non-hydrogen) atoms. The largest absolute Gasteiger partial charge is 0.481 e. The second-order valence-electron chi connectivity index (χ2n) is 6.61. The number of carboxylic acids is 2. The van der Waals surface area contributed by atoms with Crippen molar-refractivity contribution < 1.29 is 43.6 Å². The van der Waals surface area contributed by atoms with Crippen LogP contribution in [-0.2, 0) is 39.9 Å². The van der Waals surface area contributed by atoms with Gasteiger partial charge in [-0.05, 0) is 0 Å². The smallest absolute Gasteiger partial charge is 0.328 e. The third-order valence-corrected chi connectivity index (χ3v) is 4.54. The van der Waals surface area contributed by atoms with Crippen LogP contribution in [0.15, 0.2) is 15.8 Å². The molecule has 3 N–H and O–H groups in total. The third kappa shape index (κ3) is 5.31. The van der Waals surface area contributed by atoms with Crippen LogP contribution in [-0.4, -0.2) is 57.0 Å². The zero-order valence-electron chi connectivity index (χ0n) is 16.0. The lowest BCUT2D eigenvalue weighted by molar-refractivity contribution is -0.181. The Morgan fingerprint density at radius 2 is 1.73 bits per heavy atom. The van der Waals surface area contributed by atoms with Crippen LogP contribution in [0, 0.1) is 11.8 Å². The molecule has 1 aromatic rings. The zero-order chi connectivity index (χ0) is 22.6. The van der Waals surface area contributed by atoms with Crippen LogP contribution in [0.3, 0.4) is 0 Å². The van der Waals surface area contributed by atoms with Gasteiger partial charge in [-0.3, -0.25) is 33.5 Å². The summed E-state index contributed by atoms with van der Waals surface area (Å²) >= 11 is 0. The van der Waals surface area contributed by atoms with E-state index in [0.29, 0.717) is 0 Å². The van der Waals surface area contributed by atoms with Gasteiger partial charge >= 0.3 is 29.6 Å². The van der Waals surface area contributed by atoms with E-state index in [0.717, 1.165) is 24.8 Å². The summed E-state index contributed by atoms with van der Waals surface area (Å²) < 4.78 is 15.9. The number of aliphatic carboxylic acids is 2. The Hall–Kier alpha value is -3.48. The molecule has 1 saturated heterocycles. The van der Waals surface area contributed by atoms with E-state index in [1.54, 1.807) is 0 Å². The van der Waals surface area contributed by atoms with E-state index in [1.807, 2.05) is 4.98 Å². The number of carbonyl (C=O) groups is 4. The van der Waals surface area contributed by atoms with Gasteiger partial charge in [0.1, 0.15) is 6.54 Å². The molecule has 1 aromatic heterocycles. The van der Waals surface area contributed by atoms with E-state index < -0.39 is 78.7 Å². The van der Waals surface area contributed by atoms with Crippen molar-refractivity contribution in [1.82, 2.24) is 9.55 Å². The number of aromatic amines is 1. The Labute approximate surface area is 168 Å². The molecule has 0 saturated carbocycles. The van der Waals surface area contributed by atoms with E-state index >= 15 is 0 Å². The quantitative estimate of drug-likeness (QED) is 0.424. The average Bonchev–Trinajstić information content (AvgIpc) is 2.92. The van der Waals surface area contributed by atoms with Gasteiger partial charge in [0.05, 0.1) is 31.6 Å². The Kier molecular flexibility index (Phi) is 7.10. The van der Waals surface area contributed by atoms with Crippen LogP contribution in [0.2, 0.25) is 0 Å². The number of nitrogens with zero attached hydrogens (tertiary/aromatic N) is 1. The van der Waals surface area contributed by atoms with E-state index in [-0.39, 0.29) is 5.56 Å². The standard InChI is InChI=1S/C17H20N2O11/c1-7(20)29-16-9(4-12(23)24)8(3-11(21)22)14(30-16)10-5-19(6-13(25)28-2)17(27)18-15(10)26/h5,8-9,14,16H,3-4,6H2,1-2H3,(H,21,22)(H,23,24)(H,18,26,27)/t8-,9+,14-,16-/m0/s1. The Morgan fingerprint density at radius 3 is 2.27 bits per heavy atom. The molecule has 4 atom stereocenters. The van der Waals surface area contributed by atoms with Crippen LogP contribution in [0.4, 0.5) is 0 Å². The van der Waals surface area contributed by atoms with Gasteiger partial charge in [-0.15, -0.1) is 0 Å². The number of H-pyrrole nitrogens is 1. The molecule has 0 spiro atoms. The van der Waals surface area contributed by atoms with Gasteiger partial charge < -0.3 is 24.4 Å². The number of hydrogen-bond acceptors (Lipinski definition) is 9. The highest BCUT2D eigenvalue weighted by atomic mass is 16.7. The lowest BCUT2D eigenvalue weighted by atomic mass is 9.83. The maximum Gasteiger partial charge on any atom is 0.328 e. The summed E-state index contributed by atoms with van der Waals surface area (Å²) in [4.78, 5) is 71.9. The maximum absolute atomic E-state index is 12.4. The van der Waals surface area contributed by atoms with Crippen LogP contribution >= 0.6 is 0 Å². The summed E-state index contributed by atoms with van der Waals surface area (Å²) in [5.74, 6) is -6.32. The number of rotatable bonds is 8. The summed E-state index contributed by atoms with van der Waals surface area (Å²) in [6.45, 7) is 0.519. The van der Waals surface area contributed by atoms with E-state index in [9.17, 15) is 39.0 Å². The monoisotopic (exact) mass is 428 g/mol. The number of carbonyl (C=O) groups excluding carboxylic acids is 2. The molecule has 0 bridgehead atoms. The van der Waals surface area contributed by atoms with Gasteiger partial charge in [-0.2, -0.15) is 0 Å². The zero-order valence-corrected chi connectivity index (χ0v) is 16.0. The molecule has 2 rings (SSSR count). The summed E-state index contributed by atoms with van der Waals surface area (Å²) in [7, 11) is 1.10. The van der Waals surface area contributed by atoms with Crippen molar-refractivity contribution in [2.45, 2.75) is 38.7 Å². The SMILES string of the molecule is COC(=O)Cn1cc([C@H]2O[C@H](OC(C)=O)[C@H](CC(=O)O)[C@@H]2CC(=O)O)c(=O)[nH]c1=O. The summed E-state index contributed by atoms with van der Waals surface area (Å²) in [5.41, 5.74) is -2.06. The molecule has 0 aromatic carbocycles. The number of hydrogen-bond donors (Lipinski definition) is 3. The van der Waals surface area contributed by atoms with Crippen molar-refractivity contribution in [1.29, 1.82) is 0 Å². The summed E-state index contributed by atoms with van der Waals surface area (Å²) in [6.07, 6.45) is -2.93. The summed E-state index contributed by atoms with van der Waals surface area (Å²) in [5, 5.41) is 18.5. The molecule has 13 heteroatoms. The lowest BCUT2D eigenvalue weighted by Crippen LogP contribution is -2.35. The maximum atomic E-state index is 12.4. The van der Waals surface area contributed by atoms with E-state index in [4.69, 9.17) is 9.47 Å². The average molecular weight is 428 g/mol. The third-order valence-electron chi connectivity index (χ3n) is 4.54. The van der Waals surface area contributed by atoms with Crippen molar-refractivity contribution in [2.24, 2.45) is 11.8 Å². The fourth-order valence-corrected chi connectivity index (χ4v) is 3.31. The van der Waals surface area contributed by atoms with Crippen LogP contribution in [0.1, 0.15) is 31.4 Å². The minimum absolute atomic E-state index is 0.227. The van der Waals surface area contributed by atoms with Gasteiger partial charge in [0, 0.05) is 25.0 Å². The van der Waals surface area contributed by atoms with Crippen molar-refractivity contribution in [3.8, 4) is 0 Å². The van der Waals surface area contributed by atoms with Gasteiger partial charge in [0.25, 0.3) is 5.56 Å². The molecule has 13 nitrogen and oxygen atoms in total. The first-order valence-corrected chi connectivity index (χ1v) is 8.70. The van der Waals surface area contributed by atoms with Crippen molar-refractivity contribution in [2.75, 3.05) is 7.11 Å². The number of aromatic nitrogens is 2. The topological polar surface area (TPSA) is 191 Å². The second kappa shape index (κ2) is 9.35. The molecule has 1 fully saturated rings. The molecule has 2 heterocycles. The highest BCUT2D eigenvalue weighted by molar-refractivity contribution is 5.70. The second-order valence-corrected chi connectivity index (χ2v) is 6.61. The fourth-order valence-electron chi connectivity index (χ4n) is 3.31. The van der Waals surface area contributed by atoms with Gasteiger partial charge in [0.15, 0.2) is 0 Å². The fraction of sp³-hybridized carbons (Fsp3) is 0.529.